The minimum absolute atomic E-state index is 0.293. The fourth-order valence-electron chi connectivity index (χ4n) is 3.37. The van der Waals surface area contributed by atoms with Crippen molar-refractivity contribution >= 4 is 11.7 Å². The zero-order chi connectivity index (χ0) is 16.9. The lowest BCUT2D eigenvalue weighted by molar-refractivity contribution is 0.0694. The van der Waals surface area contributed by atoms with Crippen molar-refractivity contribution in [2.24, 2.45) is 5.92 Å². The summed E-state index contributed by atoms with van der Waals surface area (Å²) in [4.78, 5) is 20.1. The number of hydrogen-bond acceptors (Lipinski definition) is 4. The fourth-order valence-corrected chi connectivity index (χ4v) is 3.37. The Morgan fingerprint density at radius 1 is 1.29 bits per heavy atom. The Morgan fingerprint density at radius 3 is 2.83 bits per heavy atom. The van der Waals surface area contributed by atoms with Gasteiger partial charge in [-0.25, -0.2) is 4.79 Å². The van der Waals surface area contributed by atoms with Crippen LogP contribution >= 0.6 is 0 Å². The van der Waals surface area contributed by atoms with Crippen molar-refractivity contribution < 1.29 is 9.90 Å². The quantitative estimate of drug-likeness (QED) is 0.885. The number of nitrogens with zero attached hydrogens (tertiary/aromatic N) is 3. The van der Waals surface area contributed by atoms with Gasteiger partial charge < -0.3 is 14.9 Å². The lowest BCUT2D eigenvalue weighted by atomic mass is 10.1. The van der Waals surface area contributed by atoms with Gasteiger partial charge in [-0.2, -0.15) is 0 Å². The molecule has 0 radical (unpaired) electrons. The van der Waals surface area contributed by atoms with Crippen LogP contribution in [-0.2, 0) is 6.54 Å². The first-order valence-corrected chi connectivity index (χ1v) is 8.29. The molecule has 1 aromatic heterocycles. The Hall–Kier alpha value is -2.40. The highest BCUT2D eigenvalue weighted by Gasteiger charge is 2.24. The number of hydrogen-bond donors (Lipinski definition) is 1. The average Bonchev–Trinajstić information content (AvgIpc) is 3.04. The second-order valence-electron chi connectivity index (χ2n) is 6.44. The molecule has 1 unspecified atom stereocenters. The van der Waals surface area contributed by atoms with Crippen LogP contribution in [0.25, 0.3) is 0 Å². The number of carboxylic acid groups (broad SMARTS) is 1. The third-order valence-electron chi connectivity index (χ3n) is 4.52. The molecular formula is C19H23N3O2. The Morgan fingerprint density at radius 2 is 2.08 bits per heavy atom. The summed E-state index contributed by atoms with van der Waals surface area (Å²) in [6.07, 6.45) is 2.82. The first-order valence-electron chi connectivity index (χ1n) is 8.29. The first-order chi connectivity index (χ1) is 11.6. The molecule has 5 nitrogen and oxygen atoms in total. The van der Waals surface area contributed by atoms with Crippen molar-refractivity contribution in [2.45, 2.75) is 13.0 Å². The molecule has 1 atom stereocenters. The van der Waals surface area contributed by atoms with Gasteiger partial charge >= 0.3 is 5.97 Å². The third-order valence-corrected chi connectivity index (χ3v) is 4.52. The van der Waals surface area contributed by atoms with E-state index in [-0.39, 0.29) is 0 Å². The molecule has 24 heavy (non-hydrogen) atoms. The molecule has 1 fully saturated rings. The Kier molecular flexibility index (Phi) is 5.11. The molecule has 0 bridgehead atoms. The zero-order valence-corrected chi connectivity index (χ0v) is 13.9. The molecule has 0 amide bonds. The highest BCUT2D eigenvalue weighted by Crippen LogP contribution is 2.24. The predicted octanol–water partition coefficient (Wildman–Crippen LogP) is 2.74. The summed E-state index contributed by atoms with van der Waals surface area (Å²) in [6, 6.07) is 13.8. The maximum atomic E-state index is 11.3. The van der Waals surface area contributed by atoms with Crippen molar-refractivity contribution in [3.63, 3.8) is 0 Å². The standard InChI is InChI=1S/C19H23N3O2/c1-21(14-18-17(19(23)24)8-5-10-20-18)12-15-9-11-22(13-15)16-6-3-2-4-7-16/h2-8,10,15H,9,11-14H2,1H3,(H,23,24). The van der Waals surface area contributed by atoms with Crippen molar-refractivity contribution in [2.75, 3.05) is 31.6 Å². The van der Waals surface area contributed by atoms with Crippen LogP contribution in [-0.4, -0.2) is 47.6 Å². The van der Waals surface area contributed by atoms with Gasteiger partial charge in [0.05, 0.1) is 11.3 Å². The van der Waals surface area contributed by atoms with E-state index < -0.39 is 5.97 Å². The topological polar surface area (TPSA) is 56.7 Å². The zero-order valence-electron chi connectivity index (χ0n) is 13.9. The van der Waals surface area contributed by atoms with Crippen LogP contribution < -0.4 is 4.90 Å². The summed E-state index contributed by atoms with van der Waals surface area (Å²) in [5.41, 5.74) is 2.20. The van der Waals surface area contributed by atoms with Gasteiger partial charge in [-0.3, -0.25) is 4.98 Å². The number of benzene rings is 1. The normalized spacial score (nSPS) is 17.4. The summed E-state index contributed by atoms with van der Waals surface area (Å²) >= 11 is 0. The number of rotatable bonds is 6. The molecule has 0 aliphatic carbocycles. The number of carbonyl (C=O) groups is 1. The van der Waals surface area contributed by atoms with Gasteiger partial charge in [-0.1, -0.05) is 18.2 Å². The predicted molar refractivity (Wildman–Crippen MR) is 94.3 cm³/mol. The number of para-hydroxylation sites is 1. The highest BCUT2D eigenvalue weighted by molar-refractivity contribution is 5.88. The molecule has 1 N–H and O–H groups in total. The van der Waals surface area contributed by atoms with Crippen LogP contribution in [0.4, 0.5) is 5.69 Å². The van der Waals surface area contributed by atoms with Crippen LogP contribution in [0.3, 0.4) is 0 Å². The van der Waals surface area contributed by atoms with E-state index in [1.807, 2.05) is 13.1 Å². The van der Waals surface area contributed by atoms with Gasteiger partial charge in [-0.05, 0) is 43.7 Å². The maximum Gasteiger partial charge on any atom is 0.337 e. The minimum atomic E-state index is -0.914. The summed E-state index contributed by atoms with van der Waals surface area (Å²) in [5.74, 6) is -0.324. The third kappa shape index (κ3) is 3.92. The monoisotopic (exact) mass is 325 g/mol. The number of aromatic carboxylic acids is 1. The molecule has 1 aliphatic rings. The highest BCUT2D eigenvalue weighted by atomic mass is 16.4. The van der Waals surface area contributed by atoms with Crippen LogP contribution in [0.5, 0.6) is 0 Å². The van der Waals surface area contributed by atoms with Gasteiger partial charge in [-0.15, -0.1) is 0 Å². The molecule has 0 spiro atoms. The van der Waals surface area contributed by atoms with Crippen molar-refractivity contribution in [3.8, 4) is 0 Å². The molecule has 0 saturated carbocycles. The van der Waals surface area contributed by atoms with E-state index in [0.29, 0.717) is 23.7 Å². The minimum Gasteiger partial charge on any atom is -0.478 e. The lowest BCUT2D eigenvalue weighted by Crippen LogP contribution is -2.29. The lowest BCUT2D eigenvalue weighted by Gasteiger charge is -2.22. The first kappa shape index (κ1) is 16.5. The van der Waals surface area contributed by atoms with Crippen LogP contribution in [0.1, 0.15) is 22.5 Å². The van der Waals surface area contributed by atoms with Crippen LogP contribution in [0.2, 0.25) is 0 Å². The molecule has 5 heteroatoms. The molecule has 3 rings (SSSR count). The Bertz CT molecular complexity index is 690. The Labute approximate surface area is 142 Å². The number of carboxylic acids is 1. The van der Waals surface area contributed by atoms with Gasteiger partial charge in [0, 0.05) is 38.1 Å². The summed E-state index contributed by atoms with van der Waals surface area (Å²) < 4.78 is 0. The smallest absolute Gasteiger partial charge is 0.337 e. The maximum absolute atomic E-state index is 11.3. The number of anilines is 1. The molecule has 1 aromatic carbocycles. The van der Waals surface area contributed by atoms with Crippen LogP contribution in [0, 0.1) is 5.92 Å². The van der Waals surface area contributed by atoms with Crippen LogP contribution in [0.15, 0.2) is 48.7 Å². The van der Waals surface area contributed by atoms with Crippen molar-refractivity contribution in [1.29, 1.82) is 0 Å². The van der Waals surface area contributed by atoms with E-state index in [1.54, 1.807) is 18.3 Å². The fraction of sp³-hybridized carbons (Fsp3) is 0.368. The SMILES string of the molecule is CN(Cc1ncccc1C(=O)O)CC1CCN(c2ccccc2)C1. The van der Waals surface area contributed by atoms with Gasteiger partial charge in [0.25, 0.3) is 0 Å². The number of pyridine rings is 1. The summed E-state index contributed by atoms with van der Waals surface area (Å²) in [5, 5.41) is 9.26. The molecular weight excluding hydrogens is 302 g/mol. The van der Waals surface area contributed by atoms with E-state index in [0.717, 1.165) is 26.1 Å². The van der Waals surface area contributed by atoms with Gasteiger partial charge in [0.1, 0.15) is 0 Å². The van der Waals surface area contributed by atoms with E-state index >= 15 is 0 Å². The van der Waals surface area contributed by atoms with Gasteiger partial charge in [0.2, 0.25) is 0 Å². The summed E-state index contributed by atoms with van der Waals surface area (Å²) in [6.45, 7) is 3.62. The number of aromatic nitrogens is 1. The Balaban J connectivity index is 1.57. The molecule has 1 saturated heterocycles. The average molecular weight is 325 g/mol. The molecule has 2 heterocycles. The van der Waals surface area contributed by atoms with E-state index in [9.17, 15) is 9.90 Å². The van der Waals surface area contributed by atoms with Crippen molar-refractivity contribution in [1.82, 2.24) is 9.88 Å². The molecule has 2 aromatic rings. The van der Waals surface area contributed by atoms with E-state index in [1.165, 1.54) is 5.69 Å². The molecule has 126 valence electrons. The molecule has 1 aliphatic heterocycles. The largest absolute Gasteiger partial charge is 0.478 e. The van der Waals surface area contributed by atoms with E-state index in [4.69, 9.17) is 0 Å². The second kappa shape index (κ2) is 7.45. The van der Waals surface area contributed by atoms with E-state index in [2.05, 4.69) is 39.0 Å². The summed E-state index contributed by atoms with van der Waals surface area (Å²) in [7, 11) is 2.03. The van der Waals surface area contributed by atoms with Crippen molar-refractivity contribution in [3.05, 3.63) is 59.9 Å². The van der Waals surface area contributed by atoms with Gasteiger partial charge in [0.15, 0.2) is 0 Å². The second-order valence-corrected chi connectivity index (χ2v) is 6.44.